The van der Waals surface area contributed by atoms with Crippen LogP contribution in [0.25, 0.3) is 0 Å². The fraction of sp³-hybridized carbons (Fsp3) is 0.235. The Morgan fingerprint density at radius 2 is 1.95 bits per heavy atom. The van der Waals surface area contributed by atoms with Gasteiger partial charge in [-0.15, -0.1) is 0 Å². The zero-order chi connectivity index (χ0) is 14.8. The van der Waals surface area contributed by atoms with Crippen LogP contribution < -0.4 is 10.1 Å². The Morgan fingerprint density at radius 1 is 1.14 bits per heavy atom. The fourth-order valence-corrected chi connectivity index (χ4v) is 2.68. The van der Waals surface area contributed by atoms with Crippen LogP contribution in [0.1, 0.15) is 27.9 Å². The first kappa shape index (κ1) is 13.5. The van der Waals surface area contributed by atoms with E-state index in [4.69, 9.17) is 4.74 Å². The van der Waals surface area contributed by atoms with Crippen molar-refractivity contribution in [2.75, 3.05) is 12.4 Å². The molecule has 1 aliphatic carbocycles. The lowest BCUT2D eigenvalue weighted by molar-refractivity contribution is 0.102. The van der Waals surface area contributed by atoms with Crippen molar-refractivity contribution in [2.24, 2.45) is 0 Å². The van der Waals surface area contributed by atoms with Crippen molar-refractivity contribution in [1.29, 1.82) is 0 Å². The van der Waals surface area contributed by atoms with Gasteiger partial charge < -0.3 is 15.2 Å². The van der Waals surface area contributed by atoms with E-state index in [-0.39, 0.29) is 11.7 Å². The molecule has 1 aliphatic rings. The quantitative estimate of drug-likeness (QED) is 0.909. The van der Waals surface area contributed by atoms with Gasteiger partial charge in [-0.25, -0.2) is 0 Å². The van der Waals surface area contributed by atoms with Gasteiger partial charge in [0.15, 0.2) is 11.5 Å². The van der Waals surface area contributed by atoms with E-state index in [2.05, 4.69) is 11.4 Å². The average Bonchev–Trinajstić information content (AvgIpc) is 2.94. The molecule has 0 saturated carbocycles. The normalized spacial score (nSPS) is 12.8. The molecule has 0 atom stereocenters. The van der Waals surface area contributed by atoms with Gasteiger partial charge in [0.1, 0.15) is 0 Å². The molecular formula is C17H17NO3. The molecule has 3 rings (SSSR count). The number of nitrogens with one attached hydrogen (secondary N) is 1. The number of phenolic OH excluding ortho intramolecular Hbond substituents is 1. The standard InChI is InChI=1S/C17H17NO3/c1-21-16-8-6-13(10-15(16)19)17(20)18-14-7-5-11-3-2-4-12(11)9-14/h5-10,19H,2-4H2,1H3,(H,18,20). The third-order valence-corrected chi connectivity index (χ3v) is 3.80. The smallest absolute Gasteiger partial charge is 0.255 e. The Balaban J connectivity index is 1.78. The van der Waals surface area contributed by atoms with Crippen molar-refractivity contribution in [3.63, 3.8) is 0 Å². The van der Waals surface area contributed by atoms with Gasteiger partial charge in [0, 0.05) is 11.3 Å². The van der Waals surface area contributed by atoms with Gasteiger partial charge in [-0.05, 0) is 60.7 Å². The van der Waals surface area contributed by atoms with Crippen LogP contribution >= 0.6 is 0 Å². The number of phenols is 1. The summed E-state index contributed by atoms with van der Waals surface area (Å²) in [6.45, 7) is 0. The molecule has 4 heteroatoms. The molecule has 0 radical (unpaired) electrons. The maximum Gasteiger partial charge on any atom is 0.255 e. The van der Waals surface area contributed by atoms with E-state index in [1.54, 1.807) is 12.1 Å². The van der Waals surface area contributed by atoms with Crippen molar-refractivity contribution in [3.8, 4) is 11.5 Å². The highest BCUT2D eigenvalue weighted by atomic mass is 16.5. The Labute approximate surface area is 123 Å². The van der Waals surface area contributed by atoms with Crippen LogP contribution in [0.2, 0.25) is 0 Å². The van der Waals surface area contributed by atoms with E-state index in [0.29, 0.717) is 11.3 Å². The Bertz CT molecular complexity index is 694. The van der Waals surface area contributed by atoms with Gasteiger partial charge >= 0.3 is 0 Å². The predicted molar refractivity (Wildman–Crippen MR) is 81.1 cm³/mol. The third kappa shape index (κ3) is 2.70. The molecule has 0 aromatic heterocycles. The van der Waals surface area contributed by atoms with Gasteiger partial charge in [0.25, 0.3) is 5.91 Å². The summed E-state index contributed by atoms with van der Waals surface area (Å²) < 4.78 is 4.97. The van der Waals surface area contributed by atoms with Crippen LogP contribution in [0.4, 0.5) is 5.69 Å². The number of rotatable bonds is 3. The van der Waals surface area contributed by atoms with E-state index in [0.717, 1.165) is 18.5 Å². The summed E-state index contributed by atoms with van der Waals surface area (Å²) in [5.74, 6) is 0.0640. The lowest BCUT2D eigenvalue weighted by Gasteiger charge is -2.09. The summed E-state index contributed by atoms with van der Waals surface area (Å²) in [7, 11) is 1.47. The lowest BCUT2D eigenvalue weighted by Crippen LogP contribution is -2.12. The number of fused-ring (bicyclic) bond motifs is 1. The van der Waals surface area contributed by atoms with Crippen LogP contribution in [0, 0.1) is 0 Å². The molecule has 0 fully saturated rings. The van der Waals surface area contributed by atoms with Crippen molar-refractivity contribution in [3.05, 3.63) is 53.1 Å². The molecular weight excluding hydrogens is 266 g/mol. The monoisotopic (exact) mass is 283 g/mol. The van der Waals surface area contributed by atoms with Gasteiger partial charge in [-0.3, -0.25) is 4.79 Å². The van der Waals surface area contributed by atoms with E-state index in [1.807, 2.05) is 12.1 Å². The van der Waals surface area contributed by atoms with E-state index in [9.17, 15) is 9.90 Å². The minimum absolute atomic E-state index is 0.0425. The molecule has 0 bridgehead atoms. The molecule has 0 aliphatic heterocycles. The van der Waals surface area contributed by atoms with Crippen molar-refractivity contribution >= 4 is 11.6 Å². The summed E-state index contributed by atoms with van der Waals surface area (Å²) >= 11 is 0. The largest absolute Gasteiger partial charge is 0.504 e. The summed E-state index contributed by atoms with van der Waals surface area (Å²) in [6, 6.07) is 10.6. The number of hydrogen-bond acceptors (Lipinski definition) is 3. The number of carbonyl (C=O) groups excluding carboxylic acids is 1. The highest BCUT2D eigenvalue weighted by molar-refractivity contribution is 6.04. The van der Waals surface area contributed by atoms with Crippen LogP contribution in [-0.2, 0) is 12.8 Å². The molecule has 2 N–H and O–H groups in total. The summed E-state index contributed by atoms with van der Waals surface area (Å²) in [6.07, 6.45) is 3.37. The summed E-state index contributed by atoms with van der Waals surface area (Å²) in [5, 5.41) is 12.6. The molecule has 0 spiro atoms. The van der Waals surface area contributed by atoms with E-state index in [1.165, 1.54) is 30.7 Å². The van der Waals surface area contributed by atoms with Gasteiger partial charge in [-0.1, -0.05) is 6.07 Å². The number of ether oxygens (including phenoxy) is 1. The average molecular weight is 283 g/mol. The van der Waals surface area contributed by atoms with Crippen LogP contribution in [-0.4, -0.2) is 18.1 Å². The molecule has 2 aromatic rings. The molecule has 0 saturated heterocycles. The maximum absolute atomic E-state index is 12.2. The minimum atomic E-state index is -0.245. The zero-order valence-corrected chi connectivity index (χ0v) is 11.8. The molecule has 108 valence electrons. The van der Waals surface area contributed by atoms with Crippen LogP contribution in [0.3, 0.4) is 0 Å². The van der Waals surface area contributed by atoms with E-state index >= 15 is 0 Å². The number of methoxy groups -OCH3 is 1. The summed E-state index contributed by atoms with van der Waals surface area (Å²) in [5.41, 5.74) is 3.87. The third-order valence-electron chi connectivity index (χ3n) is 3.80. The molecule has 0 unspecified atom stereocenters. The first-order valence-corrected chi connectivity index (χ1v) is 6.97. The van der Waals surface area contributed by atoms with Gasteiger partial charge in [0.2, 0.25) is 0 Å². The maximum atomic E-state index is 12.2. The SMILES string of the molecule is COc1ccc(C(=O)Nc2ccc3c(c2)CCC3)cc1O. The number of aromatic hydroxyl groups is 1. The Kier molecular flexibility index (Phi) is 3.52. The second kappa shape index (κ2) is 5.48. The highest BCUT2D eigenvalue weighted by Crippen LogP contribution is 2.28. The number of aryl methyl sites for hydroxylation is 2. The topological polar surface area (TPSA) is 58.6 Å². The number of benzene rings is 2. The zero-order valence-electron chi connectivity index (χ0n) is 11.8. The first-order valence-electron chi connectivity index (χ1n) is 6.97. The fourth-order valence-electron chi connectivity index (χ4n) is 2.68. The second-order valence-corrected chi connectivity index (χ2v) is 5.18. The van der Waals surface area contributed by atoms with Gasteiger partial charge in [0.05, 0.1) is 7.11 Å². The van der Waals surface area contributed by atoms with Crippen molar-refractivity contribution in [2.45, 2.75) is 19.3 Å². The predicted octanol–water partition coefficient (Wildman–Crippen LogP) is 3.14. The highest BCUT2D eigenvalue weighted by Gasteiger charge is 2.13. The van der Waals surface area contributed by atoms with Gasteiger partial charge in [-0.2, -0.15) is 0 Å². The number of amides is 1. The molecule has 2 aromatic carbocycles. The number of carbonyl (C=O) groups is 1. The first-order chi connectivity index (χ1) is 10.2. The summed E-state index contributed by atoms with van der Waals surface area (Å²) in [4.78, 5) is 12.2. The molecule has 0 heterocycles. The molecule has 21 heavy (non-hydrogen) atoms. The Morgan fingerprint density at radius 3 is 2.71 bits per heavy atom. The number of hydrogen-bond donors (Lipinski definition) is 2. The van der Waals surface area contributed by atoms with Crippen LogP contribution in [0.5, 0.6) is 11.5 Å². The van der Waals surface area contributed by atoms with E-state index < -0.39 is 0 Å². The minimum Gasteiger partial charge on any atom is -0.504 e. The second-order valence-electron chi connectivity index (χ2n) is 5.18. The number of anilines is 1. The van der Waals surface area contributed by atoms with Crippen LogP contribution in [0.15, 0.2) is 36.4 Å². The van der Waals surface area contributed by atoms with Crippen molar-refractivity contribution < 1.29 is 14.6 Å². The molecule has 1 amide bonds. The van der Waals surface area contributed by atoms with Crippen molar-refractivity contribution in [1.82, 2.24) is 0 Å². The lowest BCUT2D eigenvalue weighted by atomic mass is 10.1. The Hall–Kier alpha value is -2.49. The molecule has 4 nitrogen and oxygen atoms in total.